The maximum absolute atomic E-state index is 15.0. The molecule has 0 bridgehead atoms. The topological polar surface area (TPSA) is 9.23 Å². The summed E-state index contributed by atoms with van der Waals surface area (Å²) in [4.78, 5) is 0. The maximum Gasteiger partial charge on any atom is 0.175 e. The van der Waals surface area contributed by atoms with Gasteiger partial charge in [-0.05, 0) is 78.9 Å². The number of rotatable bonds is 7. The Labute approximate surface area is 179 Å². The molecule has 4 unspecified atom stereocenters. The smallest absolute Gasteiger partial charge is 0.175 e. The fraction of sp³-hybridized carbons (Fsp3) is 0.556. The van der Waals surface area contributed by atoms with E-state index in [4.69, 9.17) is 4.74 Å². The number of unbranched alkanes of at least 4 members (excludes halogenated alkanes) is 1. The van der Waals surface area contributed by atoms with Crippen molar-refractivity contribution in [3.63, 3.8) is 0 Å². The molecule has 0 aromatic heterocycles. The van der Waals surface area contributed by atoms with E-state index in [1.54, 1.807) is 24.3 Å². The van der Waals surface area contributed by atoms with Gasteiger partial charge in [-0.25, -0.2) is 8.78 Å². The molecule has 1 nitrogen and oxygen atoms in total. The lowest BCUT2D eigenvalue weighted by atomic mass is 9.63. The molecule has 0 spiro atoms. The Bertz CT molecular complexity index is 890. The molecular weight excluding hydrogens is 378 g/mol. The standard InChI is InChI=1S/C27H34F2O/c1-3-5-6-18-7-8-20-15-21(10-9-19(20)14-18)23-16-22-11-12-25(30-13-4-2)27(29)26(22)24(28)17-23/h4,11-12,16-21H,2-3,5-10,13-15H2,1H3. The van der Waals surface area contributed by atoms with Crippen molar-refractivity contribution < 1.29 is 13.5 Å². The molecule has 0 heterocycles. The van der Waals surface area contributed by atoms with Crippen molar-refractivity contribution in [2.45, 2.75) is 70.6 Å². The Hall–Kier alpha value is -1.90. The van der Waals surface area contributed by atoms with Gasteiger partial charge >= 0.3 is 0 Å². The van der Waals surface area contributed by atoms with Crippen LogP contribution in [-0.2, 0) is 0 Å². The molecule has 2 saturated carbocycles. The van der Waals surface area contributed by atoms with Gasteiger partial charge in [0.15, 0.2) is 11.6 Å². The summed E-state index contributed by atoms with van der Waals surface area (Å²) in [7, 11) is 0. The van der Waals surface area contributed by atoms with Crippen molar-refractivity contribution in [2.75, 3.05) is 6.61 Å². The van der Waals surface area contributed by atoms with Crippen LogP contribution < -0.4 is 4.74 Å². The zero-order valence-electron chi connectivity index (χ0n) is 18.1. The van der Waals surface area contributed by atoms with Gasteiger partial charge in [-0.15, -0.1) is 0 Å². The van der Waals surface area contributed by atoms with Crippen LogP contribution in [0.3, 0.4) is 0 Å². The molecule has 30 heavy (non-hydrogen) atoms. The van der Waals surface area contributed by atoms with Crippen LogP contribution in [0.4, 0.5) is 8.78 Å². The summed E-state index contributed by atoms with van der Waals surface area (Å²) in [6.45, 7) is 6.05. The van der Waals surface area contributed by atoms with Crippen molar-refractivity contribution in [1.29, 1.82) is 0 Å². The van der Waals surface area contributed by atoms with Crippen molar-refractivity contribution in [1.82, 2.24) is 0 Å². The Morgan fingerprint density at radius 1 is 1.07 bits per heavy atom. The van der Waals surface area contributed by atoms with Gasteiger partial charge in [0.05, 0.1) is 5.39 Å². The predicted octanol–water partition coefficient (Wildman–Crippen LogP) is 8.17. The first-order valence-corrected chi connectivity index (χ1v) is 11.8. The van der Waals surface area contributed by atoms with Crippen LogP contribution in [-0.4, -0.2) is 6.61 Å². The minimum atomic E-state index is -0.618. The molecule has 2 aromatic carbocycles. The van der Waals surface area contributed by atoms with Gasteiger partial charge in [0.25, 0.3) is 0 Å². The molecule has 0 aliphatic heterocycles. The van der Waals surface area contributed by atoms with Gasteiger partial charge in [0, 0.05) is 0 Å². The highest BCUT2D eigenvalue weighted by Gasteiger charge is 2.36. The summed E-state index contributed by atoms with van der Waals surface area (Å²) in [6.07, 6.45) is 13.2. The van der Waals surface area contributed by atoms with Crippen LogP contribution in [0.1, 0.15) is 76.2 Å². The minimum Gasteiger partial charge on any atom is -0.486 e. The zero-order chi connectivity index (χ0) is 21.1. The number of hydrogen-bond acceptors (Lipinski definition) is 1. The quantitative estimate of drug-likeness (QED) is 0.417. The molecule has 2 fully saturated rings. The van der Waals surface area contributed by atoms with Crippen molar-refractivity contribution >= 4 is 10.8 Å². The second-order valence-electron chi connectivity index (χ2n) is 9.43. The van der Waals surface area contributed by atoms with E-state index >= 15 is 0 Å². The Morgan fingerprint density at radius 2 is 1.87 bits per heavy atom. The number of hydrogen-bond donors (Lipinski definition) is 0. The normalized spacial score (nSPS) is 26.4. The molecular formula is C27H34F2O. The molecule has 4 rings (SSSR count). The fourth-order valence-corrected chi connectivity index (χ4v) is 5.91. The molecule has 0 radical (unpaired) electrons. The van der Waals surface area contributed by atoms with Gasteiger partial charge in [0.1, 0.15) is 12.4 Å². The third kappa shape index (κ3) is 4.40. The van der Waals surface area contributed by atoms with Gasteiger partial charge in [-0.1, -0.05) is 57.4 Å². The van der Waals surface area contributed by atoms with Gasteiger partial charge < -0.3 is 4.74 Å². The van der Waals surface area contributed by atoms with E-state index in [0.717, 1.165) is 36.2 Å². The average Bonchev–Trinajstić information content (AvgIpc) is 2.76. The Kier molecular flexibility index (Phi) is 6.75. The Balaban J connectivity index is 1.50. The van der Waals surface area contributed by atoms with E-state index in [0.29, 0.717) is 11.3 Å². The summed E-state index contributed by atoms with van der Waals surface area (Å²) in [6, 6.07) is 6.93. The summed E-state index contributed by atoms with van der Waals surface area (Å²) in [5, 5.41) is 0.657. The second-order valence-corrected chi connectivity index (χ2v) is 9.43. The van der Waals surface area contributed by atoms with Crippen molar-refractivity contribution in [3.05, 3.63) is 54.1 Å². The molecule has 162 valence electrons. The minimum absolute atomic E-state index is 0.0328. The SMILES string of the molecule is C=CCOc1ccc2cc(C3CCC4CC(CCCC)CCC4C3)cc(F)c2c1F. The van der Waals surface area contributed by atoms with Gasteiger partial charge in [0.2, 0.25) is 0 Å². The number of fused-ring (bicyclic) bond motifs is 2. The van der Waals surface area contributed by atoms with Crippen LogP contribution in [0.25, 0.3) is 10.8 Å². The highest BCUT2D eigenvalue weighted by molar-refractivity contribution is 5.86. The average molecular weight is 413 g/mol. The summed E-state index contributed by atoms with van der Waals surface area (Å²) >= 11 is 0. The fourth-order valence-electron chi connectivity index (χ4n) is 5.91. The van der Waals surface area contributed by atoms with E-state index < -0.39 is 11.6 Å². The summed E-state index contributed by atoms with van der Waals surface area (Å²) in [5.74, 6) is 1.91. The third-order valence-electron chi connectivity index (χ3n) is 7.51. The number of ether oxygens (including phenoxy) is 1. The van der Waals surface area contributed by atoms with Gasteiger partial charge in [-0.2, -0.15) is 0 Å². The van der Waals surface area contributed by atoms with E-state index in [1.807, 2.05) is 6.07 Å². The molecule has 2 aliphatic carbocycles. The molecule has 3 heteroatoms. The predicted molar refractivity (Wildman–Crippen MR) is 120 cm³/mol. The lowest BCUT2D eigenvalue weighted by molar-refractivity contribution is 0.113. The molecule has 2 aromatic rings. The summed E-state index contributed by atoms with van der Waals surface area (Å²) in [5.41, 5.74) is 1.03. The molecule has 0 amide bonds. The lowest BCUT2D eigenvalue weighted by Gasteiger charge is -2.42. The Morgan fingerprint density at radius 3 is 2.67 bits per heavy atom. The van der Waals surface area contributed by atoms with Crippen molar-refractivity contribution in [2.24, 2.45) is 17.8 Å². The van der Waals surface area contributed by atoms with Crippen LogP contribution in [0, 0.1) is 29.4 Å². The van der Waals surface area contributed by atoms with E-state index in [1.165, 1.54) is 44.9 Å². The lowest BCUT2D eigenvalue weighted by Crippen LogP contribution is -2.30. The van der Waals surface area contributed by atoms with Crippen LogP contribution in [0.15, 0.2) is 36.9 Å². The number of benzene rings is 2. The first kappa shape index (κ1) is 21.3. The number of halogens is 2. The highest BCUT2D eigenvalue weighted by atomic mass is 19.1. The maximum atomic E-state index is 15.0. The molecule has 4 atom stereocenters. The molecule has 0 N–H and O–H groups in total. The zero-order valence-corrected chi connectivity index (χ0v) is 18.1. The van der Waals surface area contributed by atoms with Crippen LogP contribution >= 0.6 is 0 Å². The first-order chi connectivity index (χ1) is 14.6. The van der Waals surface area contributed by atoms with Crippen molar-refractivity contribution in [3.8, 4) is 5.75 Å². The van der Waals surface area contributed by atoms with E-state index in [2.05, 4.69) is 13.5 Å². The first-order valence-electron chi connectivity index (χ1n) is 11.8. The molecule has 0 saturated heterocycles. The monoisotopic (exact) mass is 412 g/mol. The van der Waals surface area contributed by atoms with Gasteiger partial charge in [-0.3, -0.25) is 0 Å². The second kappa shape index (κ2) is 9.49. The largest absolute Gasteiger partial charge is 0.486 e. The van der Waals surface area contributed by atoms with E-state index in [9.17, 15) is 8.78 Å². The highest BCUT2D eigenvalue weighted by Crippen LogP contribution is 2.49. The summed E-state index contributed by atoms with van der Waals surface area (Å²) < 4.78 is 35.1. The van der Waals surface area contributed by atoms with Crippen LogP contribution in [0.2, 0.25) is 0 Å². The van der Waals surface area contributed by atoms with Crippen LogP contribution in [0.5, 0.6) is 5.75 Å². The third-order valence-corrected chi connectivity index (χ3v) is 7.51. The molecule has 2 aliphatic rings. The van der Waals surface area contributed by atoms with E-state index in [-0.39, 0.29) is 17.7 Å².